The first kappa shape index (κ1) is 10.7. The van der Waals surface area contributed by atoms with Gasteiger partial charge in [-0.25, -0.2) is 4.98 Å². The summed E-state index contributed by atoms with van der Waals surface area (Å²) in [5.41, 5.74) is 2.00. The van der Waals surface area contributed by atoms with Crippen molar-refractivity contribution >= 4 is 11.0 Å². The van der Waals surface area contributed by atoms with Crippen molar-refractivity contribution in [2.24, 2.45) is 5.41 Å². The highest BCUT2D eigenvalue weighted by atomic mass is 15.1. The molecule has 0 fully saturated rings. The normalized spacial score (nSPS) is 14.2. The quantitative estimate of drug-likeness (QED) is 0.654. The summed E-state index contributed by atoms with van der Waals surface area (Å²) in [5.74, 6) is 0.668. The minimum atomic E-state index is -1.56. The van der Waals surface area contributed by atoms with Crippen LogP contribution >= 0.6 is 0 Å². The van der Waals surface area contributed by atoms with Gasteiger partial charge in [0.2, 0.25) is 0 Å². The van der Waals surface area contributed by atoms with Gasteiger partial charge in [-0.15, -0.1) is 0 Å². The second-order valence-electron chi connectivity index (χ2n) is 5.99. The molecule has 0 saturated carbocycles. The molecule has 0 atom stereocenters. The summed E-state index contributed by atoms with van der Waals surface area (Å²) < 4.78 is 19.1. The van der Waals surface area contributed by atoms with Gasteiger partial charge in [0, 0.05) is 12.1 Å². The molecule has 3 aromatic rings. The number of aromatic nitrogens is 2. The summed E-state index contributed by atoms with van der Waals surface area (Å²) in [4.78, 5) is 4.69. The molecule has 102 valence electrons. The smallest absolute Gasteiger partial charge is 0.141 e. The Morgan fingerprint density at radius 1 is 1.00 bits per heavy atom. The summed E-state index contributed by atoms with van der Waals surface area (Å²) in [7, 11) is 0. The first-order valence-electron chi connectivity index (χ1n) is 7.86. The van der Waals surface area contributed by atoms with Crippen LogP contribution < -0.4 is 0 Å². The Morgan fingerprint density at radius 3 is 2.35 bits per heavy atom. The van der Waals surface area contributed by atoms with Gasteiger partial charge < -0.3 is 4.57 Å². The Kier molecular flexibility index (Phi) is 2.55. The van der Waals surface area contributed by atoms with Crippen molar-refractivity contribution < 1.29 is 2.74 Å². The maximum Gasteiger partial charge on any atom is 0.141 e. The second-order valence-corrected chi connectivity index (χ2v) is 5.99. The van der Waals surface area contributed by atoms with Crippen LogP contribution in [0.25, 0.3) is 22.4 Å². The minimum absolute atomic E-state index is 0.556. The summed E-state index contributed by atoms with van der Waals surface area (Å²) in [6.45, 7) is 4.18. The summed E-state index contributed by atoms with van der Waals surface area (Å²) in [5, 5.41) is 0. The molecule has 1 heterocycles. The van der Waals surface area contributed by atoms with Crippen molar-refractivity contribution in [3.05, 3.63) is 54.6 Å². The number of para-hydroxylation sites is 2. The van der Waals surface area contributed by atoms with Crippen LogP contribution in [0.2, 0.25) is 0 Å². The van der Waals surface area contributed by atoms with Gasteiger partial charge in [0.05, 0.1) is 13.8 Å². The molecule has 0 radical (unpaired) electrons. The predicted molar refractivity (Wildman–Crippen MR) is 84.6 cm³/mol. The highest BCUT2D eigenvalue weighted by molar-refractivity contribution is 5.80. The SMILES string of the molecule is [2H]C([2H])(n1c(-c2ccccc2)nc2ccccc21)C(C)(C)C. The summed E-state index contributed by atoms with van der Waals surface area (Å²) >= 11 is 0. The molecule has 0 amide bonds. The average Bonchev–Trinajstić information content (AvgIpc) is 2.87. The third-order valence-electron chi connectivity index (χ3n) is 3.04. The predicted octanol–water partition coefficient (Wildman–Crippen LogP) is 4.75. The second kappa shape index (κ2) is 4.78. The summed E-state index contributed by atoms with van der Waals surface area (Å²) in [6.07, 6.45) is 0. The molecule has 0 unspecified atom stereocenters. The van der Waals surface area contributed by atoms with E-state index in [2.05, 4.69) is 4.98 Å². The average molecular weight is 266 g/mol. The van der Waals surface area contributed by atoms with E-state index in [0.29, 0.717) is 5.82 Å². The Hall–Kier alpha value is -2.09. The standard InChI is InChI=1S/C18H20N2/c1-18(2,3)13-20-16-12-8-7-11-15(16)19-17(20)14-9-5-4-6-10-14/h4-12H,13H2,1-3H3/i13D2. The fourth-order valence-electron chi connectivity index (χ4n) is 2.26. The van der Waals surface area contributed by atoms with Crippen molar-refractivity contribution in [1.29, 1.82) is 0 Å². The topological polar surface area (TPSA) is 17.8 Å². The Bertz CT molecular complexity index is 799. The van der Waals surface area contributed by atoms with E-state index >= 15 is 0 Å². The molecular weight excluding hydrogens is 244 g/mol. The number of fused-ring (bicyclic) bond motifs is 1. The van der Waals surface area contributed by atoms with E-state index in [1.165, 1.54) is 0 Å². The van der Waals surface area contributed by atoms with E-state index in [1.807, 2.05) is 75.4 Å². The number of hydrogen-bond donors (Lipinski definition) is 0. The lowest BCUT2D eigenvalue weighted by Gasteiger charge is -2.21. The van der Waals surface area contributed by atoms with Crippen molar-refractivity contribution in [1.82, 2.24) is 9.55 Å². The number of hydrogen-bond acceptors (Lipinski definition) is 1. The number of rotatable bonds is 2. The molecule has 0 spiro atoms. The first-order chi connectivity index (χ1) is 10.3. The highest BCUT2D eigenvalue weighted by Crippen LogP contribution is 2.28. The monoisotopic (exact) mass is 266 g/mol. The van der Waals surface area contributed by atoms with Crippen LogP contribution in [0.3, 0.4) is 0 Å². The maximum absolute atomic E-state index is 8.70. The molecule has 3 rings (SSSR count). The van der Waals surface area contributed by atoms with Crippen LogP contribution in [0.15, 0.2) is 54.6 Å². The van der Waals surface area contributed by atoms with Crippen molar-refractivity contribution in [2.45, 2.75) is 27.3 Å². The van der Waals surface area contributed by atoms with E-state index in [1.54, 1.807) is 4.57 Å². The van der Waals surface area contributed by atoms with Gasteiger partial charge >= 0.3 is 0 Å². The molecule has 20 heavy (non-hydrogen) atoms. The molecule has 1 aromatic heterocycles. The number of imidazole rings is 1. The number of benzene rings is 2. The molecule has 2 nitrogen and oxygen atoms in total. The lowest BCUT2D eigenvalue weighted by molar-refractivity contribution is 0.350. The van der Waals surface area contributed by atoms with Crippen molar-refractivity contribution in [3.63, 3.8) is 0 Å². The summed E-state index contributed by atoms with van der Waals surface area (Å²) in [6, 6.07) is 17.5. The largest absolute Gasteiger partial charge is 0.323 e. The zero-order chi connectivity index (χ0) is 16.0. The van der Waals surface area contributed by atoms with E-state index < -0.39 is 11.9 Å². The fraction of sp³-hybridized carbons (Fsp3) is 0.278. The number of nitrogens with zero attached hydrogens (tertiary/aromatic N) is 2. The Labute approximate surface area is 122 Å². The van der Waals surface area contributed by atoms with Crippen LogP contribution in [0.4, 0.5) is 0 Å². The van der Waals surface area contributed by atoms with Gasteiger partial charge in [0.25, 0.3) is 0 Å². The lowest BCUT2D eigenvalue weighted by atomic mass is 9.96. The molecule has 0 aliphatic carbocycles. The van der Waals surface area contributed by atoms with Gasteiger partial charge in [-0.1, -0.05) is 63.2 Å². The van der Waals surface area contributed by atoms with Gasteiger partial charge in [-0.05, 0) is 17.5 Å². The molecule has 0 saturated heterocycles. The van der Waals surface area contributed by atoms with Crippen LogP contribution in [0.1, 0.15) is 23.5 Å². The maximum atomic E-state index is 8.70. The van der Waals surface area contributed by atoms with Gasteiger partial charge in [0.15, 0.2) is 0 Å². The fourth-order valence-corrected chi connectivity index (χ4v) is 2.26. The molecule has 0 bridgehead atoms. The van der Waals surface area contributed by atoms with Gasteiger partial charge in [-0.3, -0.25) is 0 Å². The van der Waals surface area contributed by atoms with Crippen LogP contribution in [0, 0.1) is 5.41 Å². The zero-order valence-electron chi connectivity index (χ0n) is 14.1. The minimum Gasteiger partial charge on any atom is -0.323 e. The van der Waals surface area contributed by atoms with Crippen LogP contribution in [-0.2, 0) is 6.50 Å². The Balaban J connectivity index is 2.37. The molecule has 2 heteroatoms. The molecular formula is C18H20N2. The zero-order valence-corrected chi connectivity index (χ0v) is 12.1. The van der Waals surface area contributed by atoms with E-state index in [0.717, 1.165) is 16.6 Å². The third kappa shape index (κ3) is 2.46. The van der Waals surface area contributed by atoms with Crippen LogP contribution in [0.5, 0.6) is 0 Å². The molecule has 2 aromatic carbocycles. The van der Waals surface area contributed by atoms with Gasteiger partial charge in [-0.2, -0.15) is 0 Å². The molecule has 0 aliphatic rings. The van der Waals surface area contributed by atoms with E-state index in [9.17, 15) is 0 Å². The first-order valence-corrected chi connectivity index (χ1v) is 6.86. The van der Waals surface area contributed by atoms with Gasteiger partial charge in [0.1, 0.15) is 5.82 Å². The molecule has 0 aliphatic heterocycles. The van der Waals surface area contributed by atoms with Crippen molar-refractivity contribution in [2.75, 3.05) is 0 Å². The third-order valence-corrected chi connectivity index (χ3v) is 3.04. The van der Waals surface area contributed by atoms with Crippen molar-refractivity contribution in [3.8, 4) is 11.4 Å². The molecule has 0 N–H and O–H groups in total. The Morgan fingerprint density at radius 2 is 1.65 bits per heavy atom. The van der Waals surface area contributed by atoms with Crippen LogP contribution in [-0.4, -0.2) is 9.55 Å². The lowest BCUT2D eigenvalue weighted by Crippen LogP contribution is -2.16. The van der Waals surface area contributed by atoms with E-state index in [4.69, 9.17) is 2.74 Å². The highest BCUT2D eigenvalue weighted by Gasteiger charge is 2.18. The van der Waals surface area contributed by atoms with E-state index in [-0.39, 0.29) is 0 Å².